The van der Waals surface area contributed by atoms with Crippen LogP contribution in [0, 0.1) is 11.3 Å². The fourth-order valence-corrected chi connectivity index (χ4v) is 2.18. The lowest BCUT2D eigenvalue weighted by Gasteiger charge is -2.37. The van der Waals surface area contributed by atoms with Crippen molar-refractivity contribution in [3.05, 3.63) is 35.4 Å². The average molecular weight is 257 g/mol. The van der Waals surface area contributed by atoms with Crippen LogP contribution in [0.2, 0.25) is 0 Å². The lowest BCUT2D eigenvalue weighted by atomic mass is 10.1. The van der Waals surface area contributed by atoms with Gasteiger partial charge < -0.3 is 9.80 Å². The Morgan fingerprint density at radius 2 is 2.16 bits per heavy atom. The van der Waals surface area contributed by atoms with E-state index in [1.54, 1.807) is 48.0 Å². The van der Waals surface area contributed by atoms with Gasteiger partial charge in [0.25, 0.3) is 5.91 Å². The van der Waals surface area contributed by atoms with Gasteiger partial charge in [-0.05, 0) is 25.1 Å². The van der Waals surface area contributed by atoms with Gasteiger partial charge in [0.15, 0.2) is 0 Å². The van der Waals surface area contributed by atoms with Crippen molar-refractivity contribution in [3.63, 3.8) is 0 Å². The maximum absolute atomic E-state index is 12.4. The second-order valence-corrected chi connectivity index (χ2v) is 4.63. The fourth-order valence-electron chi connectivity index (χ4n) is 2.18. The molecule has 1 heterocycles. The van der Waals surface area contributed by atoms with Crippen LogP contribution in [-0.4, -0.2) is 47.8 Å². The minimum absolute atomic E-state index is 0.0592. The Balaban J connectivity index is 2.24. The summed E-state index contributed by atoms with van der Waals surface area (Å²) in [5, 5.41) is 8.85. The maximum Gasteiger partial charge on any atom is 0.254 e. The van der Waals surface area contributed by atoms with Crippen LogP contribution in [0.25, 0.3) is 0 Å². The molecule has 5 nitrogen and oxygen atoms in total. The molecule has 0 aromatic heterocycles. The van der Waals surface area contributed by atoms with Gasteiger partial charge in [-0.2, -0.15) is 5.26 Å². The first kappa shape index (κ1) is 13.1. The predicted molar refractivity (Wildman–Crippen MR) is 69.3 cm³/mol. The Hall–Kier alpha value is -2.35. The van der Waals surface area contributed by atoms with Gasteiger partial charge in [-0.3, -0.25) is 9.59 Å². The third-order valence-corrected chi connectivity index (χ3v) is 3.38. The van der Waals surface area contributed by atoms with Crippen molar-refractivity contribution in [1.29, 1.82) is 5.26 Å². The van der Waals surface area contributed by atoms with E-state index >= 15 is 0 Å². The van der Waals surface area contributed by atoms with Crippen molar-refractivity contribution < 1.29 is 9.59 Å². The van der Waals surface area contributed by atoms with Crippen LogP contribution in [0.5, 0.6) is 0 Å². The molecule has 19 heavy (non-hydrogen) atoms. The molecule has 1 atom stereocenters. The van der Waals surface area contributed by atoms with Gasteiger partial charge in [-0.25, -0.2) is 0 Å². The zero-order valence-electron chi connectivity index (χ0n) is 11.0. The van der Waals surface area contributed by atoms with Gasteiger partial charge in [0.1, 0.15) is 6.04 Å². The summed E-state index contributed by atoms with van der Waals surface area (Å²) < 4.78 is 0. The number of hydrogen-bond donors (Lipinski definition) is 0. The number of carbonyl (C=O) groups is 2. The van der Waals surface area contributed by atoms with Crippen molar-refractivity contribution in [2.24, 2.45) is 0 Å². The highest BCUT2D eigenvalue weighted by Crippen LogP contribution is 2.15. The summed E-state index contributed by atoms with van der Waals surface area (Å²) >= 11 is 0. The van der Waals surface area contributed by atoms with Crippen LogP contribution in [0.3, 0.4) is 0 Å². The minimum Gasteiger partial charge on any atom is -0.342 e. The Kier molecular flexibility index (Phi) is 3.52. The molecule has 5 heteroatoms. The molecule has 2 rings (SSSR count). The molecule has 1 unspecified atom stereocenters. The zero-order chi connectivity index (χ0) is 14.0. The first-order chi connectivity index (χ1) is 9.04. The third kappa shape index (κ3) is 2.43. The van der Waals surface area contributed by atoms with Crippen molar-refractivity contribution in [2.45, 2.75) is 13.0 Å². The number of nitrogens with zero attached hydrogens (tertiary/aromatic N) is 3. The van der Waals surface area contributed by atoms with E-state index in [9.17, 15) is 9.59 Å². The molecule has 1 aliphatic rings. The van der Waals surface area contributed by atoms with Crippen LogP contribution in [0.15, 0.2) is 24.3 Å². The number of rotatable bonds is 1. The van der Waals surface area contributed by atoms with Crippen molar-refractivity contribution in [2.75, 3.05) is 20.1 Å². The van der Waals surface area contributed by atoms with E-state index in [1.807, 2.05) is 6.07 Å². The number of carbonyl (C=O) groups excluding carboxylic acids is 2. The van der Waals surface area contributed by atoms with E-state index in [0.29, 0.717) is 24.2 Å². The van der Waals surface area contributed by atoms with Crippen LogP contribution in [-0.2, 0) is 4.79 Å². The van der Waals surface area contributed by atoms with Gasteiger partial charge in [0, 0.05) is 25.7 Å². The van der Waals surface area contributed by atoms with Crippen molar-refractivity contribution in [3.8, 4) is 6.07 Å². The van der Waals surface area contributed by atoms with Crippen LogP contribution < -0.4 is 0 Å². The molecule has 2 amide bonds. The second kappa shape index (κ2) is 5.11. The summed E-state index contributed by atoms with van der Waals surface area (Å²) in [5.74, 6) is -0.262. The van der Waals surface area contributed by atoms with E-state index in [4.69, 9.17) is 5.26 Å². The van der Waals surface area contributed by atoms with Crippen molar-refractivity contribution >= 4 is 11.8 Å². The van der Waals surface area contributed by atoms with E-state index in [0.717, 1.165) is 0 Å². The van der Waals surface area contributed by atoms with Gasteiger partial charge in [0.05, 0.1) is 11.6 Å². The normalized spacial score (nSPS) is 19.2. The number of piperazine rings is 1. The standard InChI is InChI=1S/C14H15N3O2/c1-10-13(18)16(2)6-7-17(10)14(19)12-5-3-4-11(8-12)9-15/h3-5,8,10H,6-7H2,1-2H3. The number of likely N-dealkylation sites (N-methyl/N-ethyl adjacent to an activating group) is 1. The molecule has 0 bridgehead atoms. The Morgan fingerprint density at radius 1 is 1.42 bits per heavy atom. The lowest BCUT2D eigenvalue weighted by molar-refractivity contribution is -0.137. The highest BCUT2D eigenvalue weighted by atomic mass is 16.2. The maximum atomic E-state index is 12.4. The molecule has 1 saturated heterocycles. The topological polar surface area (TPSA) is 64.4 Å². The average Bonchev–Trinajstić information content (AvgIpc) is 2.44. The van der Waals surface area contributed by atoms with Crippen LogP contribution in [0.1, 0.15) is 22.8 Å². The van der Waals surface area contributed by atoms with Crippen molar-refractivity contribution in [1.82, 2.24) is 9.80 Å². The SMILES string of the molecule is CC1C(=O)N(C)CCN1C(=O)c1cccc(C#N)c1. The summed E-state index contributed by atoms with van der Waals surface area (Å²) in [6.07, 6.45) is 0. The van der Waals surface area contributed by atoms with Crippen LogP contribution in [0.4, 0.5) is 0 Å². The largest absolute Gasteiger partial charge is 0.342 e. The molecule has 1 aromatic carbocycles. The van der Waals surface area contributed by atoms with E-state index < -0.39 is 6.04 Å². The van der Waals surface area contributed by atoms with Gasteiger partial charge in [-0.15, -0.1) is 0 Å². The molecular weight excluding hydrogens is 242 g/mol. The Labute approximate surface area is 112 Å². The zero-order valence-corrected chi connectivity index (χ0v) is 11.0. The number of hydrogen-bond acceptors (Lipinski definition) is 3. The second-order valence-electron chi connectivity index (χ2n) is 4.63. The molecule has 1 aliphatic heterocycles. The first-order valence-electron chi connectivity index (χ1n) is 6.10. The number of nitriles is 1. The molecule has 0 saturated carbocycles. The molecule has 0 spiro atoms. The summed E-state index contributed by atoms with van der Waals surface area (Å²) in [7, 11) is 1.73. The minimum atomic E-state index is -0.461. The highest BCUT2D eigenvalue weighted by Gasteiger charge is 2.32. The molecule has 98 valence electrons. The van der Waals surface area contributed by atoms with Crippen LogP contribution >= 0.6 is 0 Å². The van der Waals surface area contributed by atoms with E-state index in [2.05, 4.69) is 0 Å². The number of benzene rings is 1. The highest BCUT2D eigenvalue weighted by molar-refractivity contribution is 5.98. The third-order valence-electron chi connectivity index (χ3n) is 3.38. The summed E-state index contributed by atoms with van der Waals surface area (Å²) in [5.41, 5.74) is 0.891. The molecule has 0 radical (unpaired) electrons. The molecule has 0 aliphatic carbocycles. The van der Waals surface area contributed by atoms with E-state index in [-0.39, 0.29) is 11.8 Å². The van der Waals surface area contributed by atoms with E-state index in [1.165, 1.54) is 0 Å². The fraction of sp³-hybridized carbons (Fsp3) is 0.357. The Morgan fingerprint density at radius 3 is 2.84 bits per heavy atom. The quantitative estimate of drug-likeness (QED) is 0.749. The number of amides is 2. The first-order valence-corrected chi connectivity index (χ1v) is 6.10. The summed E-state index contributed by atoms with van der Waals surface area (Å²) in [6.45, 7) is 2.77. The summed E-state index contributed by atoms with van der Waals surface area (Å²) in [4.78, 5) is 27.4. The molecule has 0 N–H and O–H groups in total. The van der Waals surface area contributed by atoms with Gasteiger partial charge in [0.2, 0.25) is 5.91 Å². The summed E-state index contributed by atoms with van der Waals surface area (Å²) in [6, 6.07) is 8.09. The monoisotopic (exact) mass is 257 g/mol. The predicted octanol–water partition coefficient (Wildman–Crippen LogP) is 0.861. The smallest absolute Gasteiger partial charge is 0.254 e. The van der Waals surface area contributed by atoms with Gasteiger partial charge in [-0.1, -0.05) is 6.07 Å². The molecular formula is C14H15N3O2. The van der Waals surface area contributed by atoms with Gasteiger partial charge >= 0.3 is 0 Å². The molecule has 1 aromatic rings. The lowest BCUT2D eigenvalue weighted by Crippen LogP contribution is -2.56. The Bertz CT molecular complexity index is 562. The molecule has 1 fully saturated rings.